The van der Waals surface area contributed by atoms with Crippen molar-refractivity contribution in [3.63, 3.8) is 0 Å². The fourth-order valence-corrected chi connectivity index (χ4v) is 4.17. The molecule has 1 aliphatic rings. The van der Waals surface area contributed by atoms with Crippen LogP contribution in [0.2, 0.25) is 0 Å². The van der Waals surface area contributed by atoms with Crippen LogP contribution in [-0.4, -0.2) is 10.9 Å². The van der Waals surface area contributed by atoms with Gasteiger partial charge in [-0.1, -0.05) is 48.5 Å². The first-order chi connectivity index (χ1) is 11.8. The molecule has 0 saturated carbocycles. The minimum Gasteiger partial charge on any atom is -0.298 e. The molecule has 4 rings (SSSR count). The van der Waals surface area contributed by atoms with E-state index in [4.69, 9.17) is 0 Å². The number of nitrogens with one attached hydrogen (secondary N) is 1. The van der Waals surface area contributed by atoms with Crippen LogP contribution in [0.25, 0.3) is 11.1 Å². The van der Waals surface area contributed by atoms with Crippen LogP contribution in [0.1, 0.15) is 33.8 Å². The highest BCUT2D eigenvalue weighted by atomic mass is 32.1. The van der Waals surface area contributed by atoms with Crippen LogP contribution in [-0.2, 0) is 12.8 Å². The van der Waals surface area contributed by atoms with Crippen LogP contribution in [0, 0.1) is 0 Å². The van der Waals surface area contributed by atoms with Crippen molar-refractivity contribution < 1.29 is 4.79 Å². The summed E-state index contributed by atoms with van der Waals surface area (Å²) in [5, 5.41) is 3.71. The lowest BCUT2D eigenvalue weighted by atomic mass is 9.99. The molecule has 1 aromatic heterocycles. The molecule has 120 valence electrons. The predicted molar refractivity (Wildman–Crippen MR) is 98.6 cm³/mol. The minimum atomic E-state index is -0.0967. The van der Waals surface area contributed by atoms with Gasteiger partial charge in [-0.15, -0.1) is 11.3 Å². The lowest BCUT2D eigenvalue weighted by molar-refractivity contribution is 0.102. The van der Waals surface area contributed by atoms with Crippen LogP contribution in [0.15, 0.2) is 54.6 Å². The van der Waals surface area contributed by atoms with Gasteiger partial charge in [0.05, 0.1) is 5.69 Å². The SMILES string of the molecule is O=C(Nc1nc2c(s1)CCCC2)c1ccccc1-c1ccccc1. The Balaban J connectivity index is 1.62. The van der Waals surface area contributed by atoms with Gasteiger partial charge in [-0.25, -0.2) is 4.98 Å². The van der Waals surface area contributed by atoms with E-state index < -0.39 is 0 Å². The van der Waals surface area contributed by atoms with Gasteiger partial charge in [0.2, 0.25) is 0 Å². The Kier molecular flexibility index (Phi) is 4.13. The maximum atomic E-state index is 12.8. The van der Waals surface area contributed by atoms with Crippen molar-refractivity contribution in [1.82, 2.24) is 4.98 Å². The smallest absolute Gasteiger partial charge is 0.258 e. The molecule has 0 bridgehead atoms. The highest BCUT2D eigenvalue weighted by molar-refractivity contribution is 7.15. The molecule has 0 fully saturated rings. The summed E-state index contributed by atoms with van der Waals surface area (Å²) >= 11 is 1.62. The molecule has 24 heavy (non-hydrogen) atoms. The van der Waals surface area contributed by atoms with Crippen LogP contribution >= 0.6 is 11.3 Å². The van der Waals surface area contributed by atoms with E-state index in [1.165, 1.54) is 17.7 Å². The number of carbonyl (C=O) groups excluding carboxylic acids is 1. The molecule has 1 aliphatic carbocycles. The Labute approximate surface area is 145 Å². The summed E-state index contributed by atoms with van der Waals surface area (Å²) in [5.41, 5.74) is 3.83. The van der Waals surface area contributed by atoms with E-state index in [0.29, 0.717) is 5.56 Å². The lowest BCUT2D eigenvalue weighted by Gasteiger charge is -2.09. The van der Waals surface area contributed by atoms with Crippen LogP contribution < -0.4 is 5.32 Å². The van der Waals surface area contributed by atoms with Crippen molar-refractivity contribution >= 4 is 22.4 Å². The van der Waals surface area contributed by atoms with Crippen molar-refractivity contribution in [3.8, 4) is 11.1 Å². The molecule has 1 amide bonds. The molecule has 1 heterocycles. The standard InChI is InChI=1S/C20H18N2OS/c23-19(22-20-21-17-12-6-7-13-18(17)24-20)16-11-5-4-10-15(16)14-8-2-1-3-9-14/h1-5,8-11H,6-7,12-13H2,(H,21,22,23). The van der Waals surface area contributed by atoms with Gasteiger partial charge in [-0.05, 0) is 42.9 Å². The number of rotatable bonds is 3. The second-order valence-corrected chi connectivity index (χ2v) is 7.05. The van der Waals surface area contributed by atoms with Gasteiger partial charge < -0.3 is 0 Å². The number of thiazole rings is 1. The second-order valence-electron chi connectivity index (χ2n) is 5.96. The van der Waals surface area contributed by atoms with Gasteiger partial charge in [0, 0.05) is 10.4 Å². The Morgan fingerprint density at radius 1 is 0.958 bits per heavy atom. The summed E-state index contributed by atoms with van der Waals surface area (Å²) in [6, 6.07) is 17.7. The monoisotopic (exact) mass is 334 g/mol. The van der Waals surface area contributed by atoms with Crippen molar-refractivity contribution in [1.29, 1.82) is 0 Å². The first-order valence-electron chi connectivity index (χ1n) is 8.25. The summed E-state index contributed by atoms with van der Waals surface area (Å²) in [6.45, 7) is 0. The number of aryl methyl sites for hydroxylation is 2. The van der Waals surface area contributed by atoms with E-state index in [-0.39, 0.29) is 5.91 Å². The van der Waals surface area contributed by atoms with Crippen LogP contribution in [0.5, 0.6) is 0 Å². The Morgan fingerprint density at radius 3 is 2.54 bits per heavy atom. The summed E-state index contributed by atoms with van der Waals surface area (Å²) in [4.78, 5) is 18.7. The van der Waals surface area contributed by atoms with E-state index >= 15 is 0 Å². The third kappa shape index (κ3) is 2.97. The van der Waals surface area contributed by atoms with E-state index in [2.05, 4.69) is 10.3 Å². The van der Waals surface area contributed by atoms with E-state index in [1.807, 2.05) is 54.6 Å². The Bertz CT molecular complexity index is 847. The van der Waals surface area contributed by atoms with E-state index in [9.17, 15) is 4.79 Å². The number of fused-ring (bicyclic) bond motifs is 1. The van der Waals surface area contributed by atoms with Crippen molar-refractivity contribution in [3.05, 3.63) is 70.7 Å². The number of aromatic nitrogens is 1. The minimum absolute atomic E-state index is 0.0967. The molecule has 0 unspecified atom stereocenters. The quantitative estimate of drug-likeness (QED) is 0.737. The van der Waals surface area contributed by atoms with Gasteiger partial charge in [0.15, 0.2) is 5.13 Å². The molecular weight excluding hydrogens is 316 g/mol. The average molecular weight is 334 g/mol. The molecule has 3 nitrogen and oxygen atoms in total. The summed E-state index contributed by atoms with van der Waals surface area (Å²) in [5.74, 6) is -0.0967. The molecule has 3 aromatic rings. The number of amides is 1. The molecule has 0 saturated heterocycles. The zero-order valence-electron chi connectivity index (χ0n) is 13.3. The van der Waals surface area contributed by atoms with E-state index in [1.54, 1.807) is 11.3 Å². The average Bonchev–Trinajstić information content (AvgIpc) is 3.04. The van der Waals surface area contributed by atoms with E-state index in [0.717, 1.165) is 34.8 Å². The zero-order chi connectivity index (χ0) is 16.4. The van der Waals surface area contributed by atoms with Gasteiger partial charge in [0.1, 0.15) is 0 Å². The van der Waals surface area contributed by atoms with Gasteiger partial charge in [-0.2, -0.15) is 0 Å². The fourth-order valence-electron chi connectivity index (χ4n) is 3.12. The molecule has 0 aliphatic heterocycles. The maximum Gasteiger partial charge on any atom is 0.258 e. The Morgan fingerprint density at radius 2 is 1.71 bits per heavy atom. The molecular formula is C20H18N2OS. The number of carbonyl (C=O) groups is 1. The van der Waals surface area contributed by atoms with Gasteiger partial charge in [0.25, 0.3) is 5.91 Å². The number of nitrogens with zero attached hydrogens (tertiary/aromatic N) is 1. The number of anilines is 1. The lowest BCUT2D eigenvalue weighted by Crippen LogP contribution is -2.13. The van der Waals surface area contributed by atoms with Gasteiger partial charge in [-0.3, -0.25) is 10.1 Å². The summed E-state index contributed by atoms with van der Waals surface area (Å²) in [6.07, 6.45) is 4.53. The molecule has 4 heteroatoms. The maximum absolute atomic E-state index is 12.8. The van der Waals surface area contributed by atoms with Crippen molar-refractivity contribution in [2.24, 2.45) is 0 Å². The Hall–Kier alpha value is -2.46. The summed E-state index contributed by atoms with van der Waals surface area (Å²) in [7, 11) is 0. The van der Waals surface area contributed by atoms with Gasteiger partial charge >= 0.3 is 0 Å². The number of benzene rings is 2. The molecule has 0 radical (unpaired) electrons. The number of hydrogen-bond acceptors (Lipinski definition) is 3. The first-order valence-corrected chi connectivity index (χ1v) is 9.07. The normalized spacial score (nSPS) is 13.3. The van der Waals surface area contributed by atoms with Crippen LogP contribution in [0.4, 0.5) is 5.13 Å². The topological polar surface area (TPSA) is 42.0 Å². The van der Waals surface area contributed by atoms with Crippen molar-refractivity contribution in [2.45, 2.75) is 25.7 Å². The third-order valence-corrected chi connectivity index (χ3v) is 5.40. The highest BCUT2D eigenvalue weighted by Gasteiger charge is 2.18. The predicted octanol–water partition coefficient (Wildman–Crippen LogP) is 4.94. The molecule has 2 aromatic carbocycles. The first kappa shape index (κ1) is 15.1. The third-order valence-electron chi connectivity index (χ3n) is 4.32. The molecule has 0 atom stereocenters. The fraction of sp³-hybridized carbons (Fsp3) is 0.200. The zero-order valence-corrected chi connectivity index (χ0v) is 14.1. The highest BCUT2D eigenvalue weighted by Crippen LogP contribution is 2.30. The number of hydrogen-bond donors (Lipinski definition) is 1. The largest absolute Gasteiger partial charge is 0.298 e. The molecule has 0 spiro atoms. The van der Waals surface area contributed by atoms with Crippen molar-refractivity contribution in [2.75, 3.05) is 5.32 Å². The summed E-state index contributed by atoms with van der Waals surface area (Å²) < 4.78 is 0. The molecule has 1 N–H and O–H groups in total. The van der Waals surface area contributed by atoms with Crippen LogP contribution in [0.3, 0.4) is 0 Å². The second kappa shape index (κ2) is 6.57.